The summed E-state index contributed by atoms with van der Waals surface area (Å²) in [6, 6.07) is 12.6. The Morgan fingerprint density at radius 3 is 2.59 bits per heavy atom. The number of hydrogen-bond acceptors (Lipinski definition) is 6. The van der Waals surface area contributed by atoms with Gasteiger partial charge in [0.2, 0.25) is 5.91 Å². The quantitative estimate of drug-likeness (QED) is 0.697. The van der Waals surface area contributed by atoms with Crippen LogP contribution in [-0.2, 0) is 19.1 Å². The van der Waals surface area contributed by atoms with Crippen LogP contribution in [0.5, 0.6) is 0 Å². The van der Waals surface area contributed by atoms with Gasteiger partial charge in [0.1, 0.15) is 13.2 Å². The van der Waals surface area contributed by atoms with Gasteiger partial charge in [0.15, 0.2) is 0 Å². The van der Waals surface area contributed by atoms with Gasteiger partial charge >= 0.3 is 18.0 Å². The minimum atomic E-state index is -0.660. The molecule has 2 heterocycles. The zero-order chi connectivity index (χ0) is 22.8. The van der Waals surface area contributed by atoms with Crippen molar-refractivity contribution in [2.45, 2.75) is 13.0 Å². The summed E-state index contributed by atoms with van der Waals surface area (Å²) in [6.45, 7) is 1.48. The maximum absolute atomic E-state index is 12.9. The molecule has 32 heavy (non-hydrogen) atoms. The van der Waals surface area contributed by atoms with E-state index in [4.69, 9.17) is 9.47 Å². The molecule has 0 saturated heterocycles. The SMILES string of the molecule is COC(=O)c1ccccc1NC(=O)CN1C(=O)N[C@@H](c2ccc(C)cc2)C2=C1COC2=O. The van der Waals surface area contributed by atoms with Crippen molar-refractivity contribution in [3.63, 3.8) is 0 Å². The standard InChI is InChI=1S/C23H21N3O6/c1-13-7-9-14(10-8-13)20-19-17(12-32-22(19)29)26(23(30)25-20)11-18(27)24-16-6-4-3-5-15(16)21(28)31-2/h3-10,20H,11-12H2,1-2H3,(H,24,27)(H,25,30)/t20-/m0/s1. The number of methoxy groups -OCH3 is 1. The van der Waals surface area contributed by atoms with Crippen LogP contribution in [0.4, 0.5) is 10.5 Å². The van der Waals surface area contributed by atoms with Crippen LogP contribution in [0, 0.1) is 6.92 Å². The van der Waals surface area contributed by atoms with E-state index in [2.05, 4.69) is 10.6 Å². The van der Waals surface area contributed by atoms with E-state index in [1.165, 1.54) is 18.1 Å². The molecule has 2 aromatic carbocycles. The maximum atomic E-state index is 12.9. The molecule has 3 amide bonds. The van der Waals surface area contributed by atoms with Crippen molar-refractivity contribution < 1.29 is 28.7 Å². The fourth-order valence-electron chi connectivity index (χ4n) is 3.70. The largest absolute Gasteiger partial charge is 0.465 e. The van der Waals surface area contributed by atoms with Gasteiger partial charge in [0.25, 0.3) is 0 Å². The highest BCUT2D eigenvalue weighted by molar-refractivity contribution is 6.03. The molecule has 9 nitrogen and oxygen atoms in total. The average Bonchev–Trinajstić information content (AvgIpc) is 3.17. The van der Waals surface area contributed by atoms with Crippen LogP contribution in [0.15, 0.2) is 59.8 Å². The Kier molecular flexibility index (Phi) is 5.63. The summed E-state index contributed by atoms with van der Waals surface area (Å²) in [6.07, 6.45) is 0. The van der Waals surface area contributed by atoms with Crippen LogP contribution < -0.4 is 10.6 Å². The second-order valence-corrected chi connectivity index (χ2v) is 7.40. The van der Waals surface area contributed by atoms with Crippen molar-refractivity contribution in [2.75, 3.05) is 25.6 Å². The molecule has 9 heteroatoms. The van der Waals surface area contributed by atoms with Crippen LogP contribution >= 0.6 is 0 Å². The van der Waals surface area contributed by atoms with Gasteiger partial charge in [-0.05, 0) is 24.6 Å². The highest BCUT2D eigenvalue weighted by Gasteiger charge is 2.42. The maximum Gasteiger partial charge on any atom is 0.339 e. The van der Waals surface area contributed by atoms with Gasteiger partial charge in [0, 0.05) is 0 Å². The number of ether oxygens (including phenoxy) is 2. The van der Waals surface area contributed by atoms with E-state index in [0.29, 0.717) is 11.3 Å². The number of nitrogens with zero attached hydrogens (tertiary/aromatic N) is 1. The molecule has 0 aliphatic carbocycles. The Labute approximate surface area is 184 Å². The van der Waals surface area contributed by atoms with Crippen molar-refractivity contribution in [1.29, 1.82) is 0 Å². The summed E-state index contributed by atoms with van der Waals surface area (Å²) in [5, 5.41) is 5.41. The number of carbonyl (C=O) groups is 4. The lowest BCUT2D eigenvalue weighted by Crippen LogP contribution is -2.49. The molecule has 2 aromatic rings. The number of urea groups is 1. The minimum absolute atomic E-state index is 0.101. The van der Waals surface area contributed by atoms with Crippen molar-refractivity contribution >= 4 is 29.6 Å². The molecule has 0 bridgehead atoms. The molecule has 0 fully saturated rings. The monoisotopic (exact) mass is 435 g/mol. The first-order valence-electron chi connectivity index (χ1n) is 9.91. The second-order valence-electron chi connectivity index (χ2n) is 7.40. The molecule has 164 valence electrons. The molecule has 4 rings (SSSR count). The number of hydrogen-bond donors (Lipinski definition) is 2. The Hall–Kier alpha value is -4.14. The van der Waals surface area contributed by atoms with Gasteiger partial charge in [0.05, 0.1) is 35.7 Å². The molecule has 1 atom stereocenters. The number of para-hydroxylation sites is 1. The van der Waals surface area contributed by atoms with E-state index in [0.717, 1.165) is 11.1 Å². The lowest BCUT2D eigenvalue weighted by molar-refractivity contribution is -0.136. The normalized spacial score (nSPS) is 17.4. The fourth-order valence-corrected chi connectivity index (χ4v) is 3.70. The second kappa shape index (κ2) is 8.54. The van der Waals surface area contributed by atoms with Gasteiger partial charge in [-0.15, -0.1) is 0 Å². The summed E-state index contributed by atoms with van der Waals surface area (Å²) < 4.78 is 9.91. The number of anilines is 1. The van der Waals surface area contributed by atoms with Crippen LogP contribution in [0.1, 0.15) is 27.5 Å². The Balaban J connectivity index is 1.58. The molecule has 0 spiro atoms. The number of benzene rings is 2. The first-order valence-corrected chi connectivity index (χ1v) is 9.91. The Bertz CT molecular complexity index is 1140. The molecule has 2 aliphatic heterocycles. The molecule has 0 saturated carbocycles. The summed E-state index contributed by atoms with van der Waals surface area (Å²) >= 11 is 0. The molecule has 0 radical (unpaired) electrons. The number of aryl methyl sites for hydroxylation is 1. The van der Waals surface area contributed by atoms with Gasteiger partial charge in [-0.25, -0.2) is 14.4 Å². The molecule has 0 unspecified atom stereocenters. The lowest BCUT2D eigenvalue weighted by atomic mass is 9.95. The van der Waals surface area contributed by atoms with E-state index in [9.17, 15) is 19.2 Å². The van der Waals surface area contributed by atoms with Crippen LogP contribution in [-0.4, -0.2) is 49.0 Å². The van der Waals surface area contributed by atoms with Gasteiger partial charge in [-0.3, -0.25) is 9.69 Å². The fraction of sp³-hybridized carbons (Fsp3) is 0.217. The van der Waals surface area contributed by atoms with Crippen molar-refractivity contribution in [1.82, 2.24) is 10.2 Å². The number of rotatable bonds is 5. The molecule has 2 N–H and O–H groups in total. The van der Waals surface area contributed by atoms with E-state index >= 15 is 0 Å². The van der Waals surface area contributed by atoms with E-state index in [1.54, 1.807) is 18.2 Å². The highest BCUT2D eigenvalue weighted by atomic mass is 16.5. The van der Waals surface area contributed by atoms with E-state index < -0.39 is 29.9 Å². The first kappa shape index (κ1) is 21.1. The third kappa shape index (κ3) is 3.92. The minimum Gasteiger partial charge on any atom is -0.465 e. The third-order valence-corrected chi connectivity index (χ3v) is 5.32. The third-order valence-electron chi connectivity index (χ3n) is 5.32. The lowest BCUT2D eigenvalue weighted by Gasteiger charge is -2.32. The summed E-state index contributed by atoms with van der Waals surface area (Å²) in [5.41, 5.74) is 2.88. The summed E-state index contributed by atoms with van der Waals surface area (Å²) in [7, 11) is 1.24. The molecular formula is C23H21N3O6. The van der Waals surface area contributed by atoms with E-state index in [1.807, 2.05) is 31.2 Å². The number of carbonyl (C=O) groups excluding carboxylic acids is 4. The molecule has 0 aromatic heterocycles. The topological polar surface area (TPSA) is 114 Å². The van der Waals surface area contributed by atoms with Crippen LogP contribution in [0.2, 0.25) is 0 Å². The van der Waals surface area contributed by atoms with Gasteiger partial charge in [-0.1, -0.05) is 42.0 Å². The van der Waals surface area contributed by atoms with Gasteiger partial charge in [-0.2, -0.15) is 0 Å². The first-order chi connectivity index (χ1) is 15.4. The number of amides is 3. The van der Waals surface area contributed by atoms with Crippen LogP contribution in [0.25, 0.3) is 0 Å². The van der Waals surface area contributed by atoms with E-state index in [-0.39, 0.29) is 24.4 Å². The average molecular weight is 435 g/mol. The van der Waals surface area contributed by atoms with Crippen molar-refractivity contribution in [3.05, 3.63) is 76.5 Å². The smallest absolute Gasteiger partial charge is 0.339 e. The molecule has 2 aliphatic rings. The number of esters is 2. The number of nitrogens with one attached hydrogen (secondary N) is 2. The van der Waals surface area contributed by atoms with Gasteiger partial charge < -0.3 is 20.1 Å². The molecular weight excluding hydrogens is 414 g/mol. The summed E-state index contributed by atoms with van der Waals surface area (Å²) in [4.78, 5) is 51.1. The number of cyclic esters (lactones) is 1. The van der Waals surface area contributed by atoms with Crippen molar-refractivity contribution in [2.24, 2.45) is 0 Å². The Morgan fingerprint density at radius 2 is 1.88 bits per heavy atom. The van der Waals surface area contributed by atoms with Crippen molar-refractivity contribution in [3.8, 4) is 0 Å². The zero-order valence-electron chi connectivity index (χ0n) is 17.5. The highest BCUT2D eigenvalue weighted by Crippen LogP contribution is 2.35. The predicted octanol–water partition coefficient (Wildman–Crippen LogP) is 2.30. The van der Waals surface area contributed by atoms with Crippen LogP contribution in [0.3, 0.4) is 0 Å². The zero-order valence-corrected chi connectivity index (χ0v) is 17.5. The Morgan fingerprint density at radius 1 is 1.16 bits per heavy atom. The predicted molar refractivity (Wildman–Crippen MR) is 114 cm³/mol. The summed E-state index contributed by atoms with van der Waals surface area (Å²) in [5.74, 6) is -1.68.